The van der Waals surface area contributed by atoms with Gasteiger partial charge in [-0.05, 0) is 30.7 Å². The third-order valence-electron chi connectivity index (χ3n) is 2.58. The number of benzene rings is 1. The normalized spacial score (nSPS) is 10.2. The van der Waals surface area contributed by atoms with Gasteiger partial charge >= 0.3 is 0 Å². The van der Waals surface area contributed by atoms with Gasteiger partial charge in [0, 0.05) is 11.8 Å². The Labute approximate surface area is 106 Å². The number of rotatable bonds is 4. The molecule has 0 saturated carbocycles. The summed E-state index contributed by atoms with van der Waals surface area (Å²) in [5.41, 5.74) is 1.78. The predicted octanol–water partition coefficient (Wildman–Crippen LogP) is 2.68. The Balaban J connectivity index is 2.33. The van der Waals surface area contributed by atoms with Crippen molar-refractivity contribution >= 4 is 0 Å². The lowest BCUT2D eigenvalue weighted by atomic mass is 10.2. The van der Waals surface area contributed by atoms with Gasteiger partial charge in [0.2, 0.25) is 0 Å². The van der Waals surface area contributed by atoms with Crippen LogP contribution in [0.25, 0.3) is 0 Å². The van der Waals surface area contributed by atoms with Gasteiger partial charge in [-0.3, -0.25) is 4.98 Å². The van der Waals surface area contributed by atoms with Crippen molar-refractivity contribution in [3.8, 4) is 17.2 Å². The van der Waals surface area contributed by atoms with E-state index in [4.69, 9.17) is 9.47 Å². The molecule has 94 valence electrons. The minimum Gasteiger partial charge on any atom is -0.493 e. The Hall–Kier alpha value is -2.07. The maximum Gasteiger partial charge on any atom is 0.169 e. The zero-order chi connectivity index (χ0) is 13.0. The van der Waals surface area contributed by atoms with E-state index < -0.39 is 0 Å². The zero-order valence-corrected chi connectivity index (χ0v) is 10.4. The van der Waals surface area contributed by atoms with Crippen molar-refractivity contribution in [2.45, 2.75) is 13.5 Å². The number of ether oxygens (including phenoxy) is 2. The Morgan fingerprint density at radius 1 is 1.17 bits per heavy atom. The third kappa shape index (κ3) is 2.60. The van der Waals surface area contributed by atoms with Crippen LogP contribution in [0.3, 0.4) is 0 Å². The van der Waals surface area contributed by atoms with E-state index in [0.717, 1.165) is 5.56 Å². The summed E-state index contributed by atoms with van der Waals surface area (Å²) in [6, 6.07) is 7.38. The van der Waals surface area contributed by atoms with Crippen molar-refractivity contribution < 1.29 is 14.6 Å². The molecule has 0 atom stereocenters. The van der Waals surface area contributed by atoms with E-state index in [9.17, 15) is 5.11 Å². The molecule has 1 aromatic carbocycles. The van der Waals surface area contributed by atoms with Crippen LogP contribution in [0.1, 0.15) is 11.1 Å². The van der Waals surface area contributed by atoms with E-state index in [1.54, 1.807) is 25.6 Å². The fourth-order valence-electron chi connectivity index (χ4n) is 1.61. The molecule has 2 rings (SSSR count). The van der Waals surface area contributed by atoms with E-state index >= 15 is 0 Å². The van der Waals surface area contributed by atoms with Crippen LogP contribution in [-0.4, -0.2) is 17.2 Å². The topological polar surface area (TPSA) is 51.6 Å². The molecule has 0 spiro atoms. The van der Waals surface area contributed by atoms with Gasteiger partial charge < -0.3 is 14.6 Å². The highest BCUT2D eigenvalue weighted by Crippen LogP contribution is 2.33. The van der Waals surface area contributed by atoms with Crippen molar-refractivity contribution in [3.63, 3.8) is 0 Å². The number of aryl methyl sites for hydroxylation is 1. The van der Waals surface area contributed by atoms with Crippen molar-refractivity contribution in [2.75, 3.05) is 7.11 Å². The average Bonchev–Trinajstić information content (AvgIpc) is 2.41. The number of methoxy groups -OCH3 is 1. The number of aromatic nitrogens is 1. The lowest BCUT2D eigenvalue weighted by molar-refractivity contribution is 0.275. The molecule has 4 heteroatoms. The monoisotopic (exact) mass is 245 g/mol. The Bertz CT molecular complexity index is 540. The van der Waals surface area contributed by atoms with Gasteiger partial charge in [0.05, 0.1) is 19.9 Å². The van der Waals surface area contributed by atoms with Gasteiger partial charge in [-0.15, -0.1) is 0 Å². The van der Waals surface area contributed by atoms with Crippen molar-refractivity contribution in [3.05, 3.63) is 47.8 Å². The van der Waals surface area contributed by atoms with Gasteiger partial charge in [0.15, 0.2) is 17.2 Å². The molecule has 0 saturated heterocycles. The summed E-state index contributed by atoms with van der Waals surface area (Å²) in [4.78, 5) is 3.99. The smallest absolute Gasteiger partial charge is 0.169 e. The van der Waals surface area contributed by atoms with Crippen molar-refractivity contribution in [1.29, 1.82) is 0 Å². The summed E-state index contributed by atoms with van der Waals surface area (Å²) in [6.45, 7) is 1.89. The summed E-state index contributed by atoms with van der Waals surface area (Å²) in [5, 5.41) is 9.23. The number of aliphatic hydroxyl groups excluding tert-OH is 1. The number of hydrogen-bond donors (Lipinski definition) is 1. The fourth-order valence-corrected chi connectivity index (χ4v) is 1.61. The molecule has 0 fully saturated rings. The standard InChI is InChI=1S/C14H15NO3/c1-10-3-4-12(13(7-10)17-2)18-14-8-15-6-5-11(14)9-16/h3-8,16H,9H2,1-2H3. The fraction of sp³-hybridized carbons (Fsp3) is 0.214. The van der Waals surface area contributed by atoms with Crippen LogP contribution in [0.5, 0.6) is 17.2 Å². The third-order valence-corrected chi connectivity index (χ3v) is 2.58. The highest BCUT2D eigenvalue weighted by atomic mass is 16.5. The van der Waals surface area contributed by atoms with E-state index in [2.05, 4.69) is 4.98 Å². The first kappa shape index (κ1) is 12.4. The second-order valence-electron chi connectivity index (χ2n) is 3.90. The Morgan fingerprint density at radius 2 is 2.00 bits per heavy atom. The predicted molar refractivity (Wildman–Crippen MR) is 68.0 cm³/mol. The first-order valence-corrected chi connectivity index (χ1v) is 5.61. The largest absolute Gasteiger partial charge is 0.493 e. The van der Waals surface area contributed by atoms with Gasteiger partial charge in [-0.2, -0.15) is 0 Å². The number of pyridine rings is 1. The molecule has 0 unspecified atom stereocenters. The molecular weight excluding hydrogens is 230 g/mol. The van der Waals surface area contributed by atoms with Crippen LogP contribution in [0.15, 0.2) is 36.7 Å². The number of nitrogens with zero attached hydrogens (tertiary/aromatic N) is 1. The maximum absolute atomic E-state index is 9.23. The first-order valence-electron chi connectivity index (χ1n) is 5.61. The zero-order valence-electron chi connectivity index (χ0n) is 10.4. The maximum atomic E-state index is 9.23. The molecule has 0 aliphatic heterocycles. The van der Waals surface area contributed by atoms with Crippen LogP contribution >= 0.6 is 0 Å². The van der Waals surface area contributed by atoms with E-state index in [1.165, 1.54) is 0 Å². The molecule has 0 aliphatic rings. The SMILES string of the molecule is COc1cc(C)ccc1Oc1cnccc1CO. The van der Waals surface area contributed by atoms with Crippen LogP contribution in [-0.2, 0) is 6.61 Å². The summed E-state index contributed by atoms with van der Waals surface area (Å²) < 4.78 is 11.0. The van der Waals surface area contributed by atoms with Crippen LogP contribution in [0.4, 0.5) is 0 Å². The second kappa shape index (κ2) is 5.51. The Morgan fingerprint density at radius 3 is 2.72 bits per heavy atom. The molecule has 1 N–H and O–H groups in total. The highest BCUT2D eigenvalue weighted by Gasteiger charge is 2.08. The van der Waals surface area contributed by atoms with E-state index in [0.29, 0.717) is 22.8 Å². The van der Waals surface area contributed by atoms with Gasteiger partial charge in [-0.25, -0.2) is 0 Å². The molecular formula is C14H15NO3. The average molecular weight is 245 g/mol. The Kier molecular flexibility index (Phi) is 3.79. The van der Waals surface area contributed by atoms with Gasteiger partial charge in [-0.1, -0.05) is 6.07 Å². The van der Waals surface area contributed by atoms with E-state index in [1.807, 2.05) is 25.1 Å². The lowest BCUT2D eigenvalue weighted by Crippen LogP contribution is -1.95. The highest BCUT2D eigenvalue weighted by molar-refractivity contribution is 5.46. The first-order chi connectivity index (χ1) is 8.74. The van der Waals surface area contributed by atoms with Crippen LogP contribution < -0.4 is 9.47 Å². The molecule has 0 radical (unpaired) electrons. The quantitative estimate of drug-likeness (QED) is 0.899. The number of aliphatic hydroxyl groups is 1. The molecule has 4 nitrogen and oxygen atoms in total. The second-order valence-corrected chi connectivity index (χ2v) is 3.90. The van der Waals surface area contributed by atoms with Crippen LogP contribution in [0.2, 0.25) is 0 Å². The molecule has 0 aliphatic carbocycles. The minimum absolute atomic E-state index is 0.0912. The summed E-state index contributed by atoms with van der Waals surface area (Å²) in [7, 11) is 1.60. The lowest BCUT2D eigenvalue weighted by Gasteiger charge is -2.12. The van der Waals surface area contributed by atoms with Crippen LogP contribution in [0, 0.1) is 6.92 Å². The number of hydrogen-bond acceptors (Lipinski definition) is 4. The summed E-state index contributed by atoms with van der Waals surface area (Å²) in [5.74, 6) is 1.79. The molecule has 18 heavy (non-hydrogen) atoms. The summed E-state index contributed by atoms with van der Waals surface area (Å²) in [6.07, 6.45) is 3.19. The minimum atomic E-state index is -0.0912. The van der Waals surface area contributed by atoms with Crippen molar-refractivity contribution in [2.24, 2.45) is 0 Å². The van der Waals surface area contributed by atoms with Gasteiger partial charge in [0.25, 0.3) is 0 Å². The molecule has 0 bridgehead atoms. The van der Waals surface area contributed by atoms with Crippen molar-refractivity contribution in [1.82, 2.24) is 4.98 Å². The molecule has 1 aromatic heterocycles. The molecule has 1 heterocycles. The van der Waals surface area contributed by atoms with E-state index in [-0.39, 0.29) is 6.61 Å². The summed E-state index contributed by atoms with van der Waals surface area (Å²) >= 11 is 0. The molecule has 2 aromatic rings. The molecule has 0 amide bonds. The van der Waals surface area contributed by atoms with Gasteiger partial charge in [0.1, 0.15) is 0 Å².